The maximum absolute atomic E-state index is 12.4. The number of aryl methyl sites for hydroxylation is 1. The van der Waals surface area contributed by atoms with Gasteiger partial charge in [-0.2, -0.15) is 5.21 Å². The van der Waals surface area contributed by atoms with Crippen molar-refractivity contribution in [3.63, 3.8) is 0 Å². The number of benzene rings is 1. The zero-order chi connectivity index (χ0) is 15.2. The lowest BCUT2D eigenvalue weighted by Gasteiger charge is -2.15. The van der Waals surface area contributed by atoms with Crippen molar-refractivity contribution in [3.05, 3.63) is 29.3 Å². The highest BCUT2D eigenvalue weighted by atomic mass is 16.1. The third-order valence-electron chi connectivity index (χ3n) is 5.01. The van der Waals surface area contributed by atoms with Crippen molar-refractivity contribution in [2.75, 3.05) is 6.54 Å². The minimum absolute atomic E-state index is 0.0177. The van der Waals surface area contributed by atoms with Gasteiger partial charge in [0.1, 0.15) is 0 Å². The molecule has 0 radical (unpaired) electrons. The van der Waals surface area contributed by atoms with E-state index in [1.807, 2.05) is 25.1 Å². The van der Waals surface area contributed by atoms with E-state index in [-0.39, 0.29) is 5.91 Å². The van der Waals surface area contributed by atoms with E-state index in [1.165, 1.54) is 25.7 Å². The second kappa shape index (κ2) is 4.90. The SMILES string of the molecule is Cc1cc(-c2nn[nH]n2)ccc1C(=O)NCC1(C2CC2)CC1. The Hall–Kier alpha value is -2.24. The Morgan fingerprint density at radius 3 is 2.82 bits per heavy atom. The standard InChI is InChI=1S/C16H19N5O/c1-10-8-11(14-18-20-21-19-14)2-5-13(10)15(22)17-9-16(6-7-16)12-3-4-12/h2,5,8,12H,3-4,6-7,9H2,1H3,(H,17,22)(H,18,19,20,21). The number of aromatic amines is 1. The van der Waals surface area contributed by atoms with Crippen LogP contribution in [0.5, 0.6) is 0 Å². The smallest absolute Gasteiger partial charge is 0.251 e. The molecule has 2 aromatic rings. The van der Waals surface area contributed by atoms with E-state index in [9.17, 15) is 4.79 Å². The molecule has 4 rings (SSSR count). The van der Waals surface area contributed by atoms with Gasteiger partial charge < -0.3 is 5.32 Å². The second-order valence-electron chi connectivity index (χ2n) is 6.58. The van der Waals surface area contributed by atoms with Gasteiger partial charge in [-0.3, -0.25) is 4.79 Å². The molecule has 22 heavy (non-hydrogen) atoms. The molecule has 0 bridgehead atoms. The van der Waals surface area contributed by atoms with E-state index in [0.29, 0.717) is 11.2 Å². The van der Waals surface area contributed by atoms with E-state index < -0.39 is 0 Å². The number of nitrogens with zero attached hydrogens (tertiary/aromatic N) is 3. The van der Waals surface area contributed by atoms with Gasteiger partial charge in [-0.15, -0.1) is 10.2 Å². The maximum Gasteiger partial charge on any atom is 0.251 e. The Bertz CT molecular complexity index is 701. The fourth-order valence-corrected chi connectivity index (χ4v) is 3.28. The number of hydrogen-bond donors (Lipinski definition) is 2. The van der Waals surface area contributed by atoms with Crippen LogP contribution in [0.4, 0.5) is 0 Å². The zero-order valence-electron chi connectivity index (χ0n) is 12.6. The molecule has 2 fully saturated rings. The van der Waals surface area contributed by atoms with Crippen molar-refractivity contribution in [1.29, 1.82) is 0 Å². The van der Waals surface area contributed by atoms with Crippen LogP contribution in [0.3, 0.4) is 0 Å². The minimum Gasteiger partial charge on any atom is -0.351 e. The second-order valence-corrected chi connectivity index (χ2v) is 6.58. The molecule has 0 atom stereocenters. The molecule has 0 aliphatic heterocycles. The fourth-order valence-electron chi connectivity index (χ4n) is 3.28. The van der Waals surface area contributed by atoms with Crippen LogP contribution in [-0.4, -0.2) is 33.1 Å². The topological polar surface area (TPSA) is 83.6 Å². The van der Waals surface area contributed by atoms with Crippen molar-refractivity contribution >= 4 is 5.91 Å². The van der Waals surface area contributed by atoms with E-state index in [2.05, 4.69) is 25.9 Å². The first-order chi connectivity index (χ1) is 10.7. The number of carbonyl (C=O) groups is 1. The first kappa shape index (κ1) is 13.4. The molecular weight excluding hydrogens is 278 g/mol. The highest BCUT2D eigenvalue weighted by molar-refractivity contribution is 5.96. The molecule has 114 valence electrons. The van der Waals surface area contributed by atoms with Gasteiger partial charge >= 0.3 is 0 Å². The summed E-state index contributed by atoms with van der Waals surface area (Å²) in [4.78, 5) is 12.4. The van der Waals surface area contributed by atoms with E-state index >= 15 is 0 Å². The van der Waals surface area contributed by atoms with Gasteiger partial charge in [0, 0.05) is 17.7 Å². The van der Waals surface area contributed by atoms with Gasteiger partial charge in [0.2, 0.25) is 5.82 Å². The molecule has 0 unspecified atom stereocenters. The molecule has 6 heteroatoms. The summed E-state index contributed by atoms with van der Waals surface area (Å²) >= 11 is 0. The molecule has 2 aliphatic carbocycles. The monoisotopic (exact) mass is 297 g/mol. The summed E-state index contributed by atoms with van der Waals surface area (Å²) < 4.78 is 0. The van der Waals surface area contributed by atoms with Gasteiger partial charge in [0.05, 0.1) is 0 Å². The summed E-state index contributed by atoms with van der Waals surface area (Å²) in [6.45, 7) is 2.76. The normalized spacial score (nSPS) is 19.0. The number of H-pyrrole nitrogens is 1. The van der Waals surface area contributed by atoms with Gasteiger partial charge in [-0.05, 0) is 66.8 Å². The number of tetrazole rings is 1. The molecule has 1 amide bonds. The number of hydrogen-bond acceptors (Lipinski definition) is 4. The predicted octanol–water partition coefficient (Wildman–Crippen LogP) is 2.10. The van der Waals surface area contributed by atoms with Crippen LogP contribution in [0.15, 0.2) is 18.2 Å². The van der Waals surface area contributed by atoms with Crippen LogP contribution in [0.25, 0.3) is 11.4 Å². The quantitative estimate of drug-likeness (QED) is 0.885. The molecule has 2 N–H and O–H groups in total. The lowest BCUT2D eigenvalue weighted by atomic mass is 10.00. The number of aromatic nitrogens is 4. The largest absolute Gasteiger partial charge is 0.351 e. The van der Waals surface area contributed by atoms with Crippen molar-refractivity contribution < 1.29 is 4.79 Å². The number of carbonyl (C=O) groups excluding carboxylic acids is 1. The number of amides is 1. The van der Waals surface area contributed by atoms with Crippen LogP contribution in [-0.2, 0) is 0 Å². The third-order valence-corrected chi connectivity index (χ3v) is 5.01. The van der Waals surface area contributed by atoms with Crippen LogP contribution < -0.4 is 5.32 Å². The van der Waals surface area contributed by atoms with Crippen molar-refractivity contribution in [2.24, 2.45) is 11.3 Å². The van der Waals surface area contributed by atoms with Crippen molar-refractivity contribution in [2.45, 2.75) is 32.6 Å². The Morgan fingerprint density at radius 1 is 1.41 bits per heavy atom. The van der Waals surface area contributed by atoms with Crippen LogP contribution >= 0.6 is 0 Å². The summed E-state index contributed by atoms with van der Waals surface area (Å²) in [6, 6.07) is 5.63. The molecule has 0 spiro atoms. The minimum atomic E-state index is 0.0177. The fraction of sp³-hybridized carbons (Fsp3) is 0.500. The molecule has 6 nitrogen and oxygen atoms in total. The van der Waals surface area contributed by atoms with Crippen LogP contribution in [0.1, 0.15) is 41.6 Å². The summed E-state index contributed by atoms with van der Waals surface area (Å²) in [7, 11) is 0. The Labute approximate surface area is 128 Å². The van der Waals surface area contributed by atoms with E-state index in [4.69, 9.17) is 0 Å². The van der Waals surface area contributed by atoms with E-state index in [1.54, 1.807) is 0 Å². The third kappa shape index (κ3) is 2.38. The summed E-state index contributed by atoms with van der Waals surface area (Å²) in [5, 5.41) is 17.0. The lowest BCUT2D eigenvalue weighted by molar-refractivity contribution is 0.0942. The molecule has 0 saturated heterocycles. The Balaban J connectivity index is 1.46. The molecule has 2 saturated carbocycles. The molecule has 1 aromatic carbocycles. The molecule has 2 aliphatic rings. The summed E-state index contributed by atoms with van der Waals surface area (Å²) in [5.41, 5.74) is 2.93. The highest BCUT2D eigenvalue weighted by Crippen LogP contribution is 2.60. The maximum atomic E-state index is 12.4. The van der Waals surface area contributed by atoms with E-state index in [0.717, 1.165) is 29.2 Å². The van der Waals surface area contributed by atoms with Gasteiger partial charge in [0.15, 0.2) is 0 Å². The van der Waals surface area contributed by atoms with Crippen molar-refractivity contribution in [3.8, 4) is 11.4 Å². The van der Waals surface area contributed by atoms with Gasteiger partial charge in [-0.25, -0.2) is 0 Å². The van der Waals surface area contributed by atoms with Gasteiger partial charge in [0.25, 0.3) is 5.91 Å². The number of nitrogens with one attached hydrogen (secondary N) is 2. The molecule has 1 aromatic heterocycles. The first-order valence-corrected chi connectivity index (χ1v) is 7.81. The number of rotatable bonds is 5. The summed E-state index contributed by atoms with van der Waals surface area (Å²) in [6.07, 6.45) is 5.23. The predicted molar refractivity (Wildman–Crippen MR) is 81.1 cm³/mol. The zero-order valence-corrected chi connectivity index (χ0v) is 12.6. The van der Waals surface area contributed by atoms with Gasteiger partial charge in [-0.1, -0.05) is 6.07 Å². The average Bonchev–Trinajstić information content (AvgIpc) is 3.43. The average molecular weight is 297 g/mol. The van der Waals surface area contributed by atoms with Crippen LogP contribution in [0, 0.1) is 18.3 Å². The lowest BCUT2D eigenvalue weighted by Crippen LogP contribution is -2.31. The summed E-state index contributed by atoms with van der Waals surface area (Å²) in [5.74, 6) is 1.42. The van der Waals surface area contributed by atoms with Crippen molar-refractivity contribution in [1.82, 2.24) is 25.9 Å². The molecule has 1 heterocycles. The highest BCUT2D eigenvalue weighted by Gasteiger charge is 2.53. The molecular formula is C16H19N5O. The Morgan fingerprint density at radius 2 is 2.23 bits per heavy atom. The first-order valence-electron chi connectivity index (χ1n) is 7.81. The van der Waals surface area contributed by atoms with Crippen LogP contribution in [0.2, 0.25) is 0 Å². The Kier molecular flexibility index (Phi) is 2.99.